The van der Waals surface area contributed by atoms with Crippen LogP contribution in [-0.4, -0.2) is 43.8 Å². The number of rotatable bonds is 6. The summed E-state index contributed by atoms with van der Waals surface area (Å²) < 4.78 is 32.7. The number of piperidine rings is 1. The van der Waals surface area contributed by atoms with Crippen LogP contribution in [0.3, 0.4) is 0 Å². The summed E-state index contributed by atoms with van der Waals surface area (Å²) in [5, 5.41) is 2.65. The van der Waals surface area contributed by atoms with Crippen molar-refractivity contribution in [2.45, 2.75) is 37.2 Å². The van der Waals surface area contributed by atoms with Gasteiger partial charge in [0.1, 0.15) is 0 Å². The van der Waals surface area contributed by atoms with Crippen molar-refractivity contribution in [3.05, 3.63) is 60.2 Å². The van der Waals surface area contributed by atoms with Gasteiger partial charge in [-0.25, -0.2) is 13.2 Å². The average Bonchev–Trinajstić information content (AvgIpc) is 2.75. The Labute approximate surface area is 170 Å². The number of nitrogens with zero attached hydrogens (tertiary/aromatic N) is 1. The monoisotopic (exact) mass is 416 g/mol. The van der Waals surface area contributed by atoms with E-state index >= 15 is 0 Å². The lowest BCUT2D eigenvalue weighted by molar-refractivity contribution is -0.123. The van der Waals surface area contributed by atoms with E-state index in [-0.39, 0.29) is 10.5 Å². The average molecular weight is 416 g/mol. The summed E-state index contributed by atoms with van der Waals surface area (Å²) in [5.74, 6) is -1.35. The van der Waals surface area contributed by atoms with Crippen molar-refractivity contribution in [2.24, 2.45) is 0 Å². The van der Waals surface area contributed by atoms with Gasteiger partial charge >= 0.3 is 5.97 Å². The molecular weight excluding hydrogens is 392 g/mol. The minimum atomic E-state index is -3.81. The summed E-state index contributed by atoms with van der Waals surface area (Å²) in [7, 11) is -3.81. The van der Waals surface area contributed by atoms with Gasteiger partial charge in [0.15, 0.2) is 6.10 Å². The molecule has 154 valence electrons. The zero-order valence-electron chi connectivity index (χ0n) is 16.2. The number of ether oxygens (including phenoxy) is 1. The molecule has 1 N–H and O–H groups in total. The van der Waals surface area contributed by atoms with Gasteiger partial charge in [-0.3, -0.25) is 4.79 Å². The minimum absolute atomic E-state index is 0.0718. The molecule has 8 heteroatoms. The van der Waals surface area contributed by atoms with E-state index in [0.29, 0.717) is 18.8 Å². The number of carbonyl (C=O) groups is 2. The van der Waals surface area contributed by atoms with Gasteiger partial charge in [0.05, 0.1) is 10.5 Å². The van der Waals surface area contributed by atoms with Gasteiger partial charge in [-0.15, -0.1) is 0 Å². The maximum atomic E-state index is 13.0. The lowest BCUT2D eigenvalue weighted by Crippen LogP contribution is -2.36. The second kappa shape index (κ2) is 9.19. The normalized spacial score (nSPS) is 16.0. The first kappa shape index (κ1) is 21.0. The molecule has 1 amide bonds. The van der Waals surface area contributed by atoms with E-state index in [1.807, 2.05) is 6.07 Å². The van der Waals surface area contributed by atoms with Gasteiger partial charge in [0.2, 0.25) is 10.0 Å². The Morgan fingerprint density at radius 3 is 2.28 bits per heavy atom. The number of amides is 1. The fraction of sp³-hybridized carbons (Fsp3) is 0.333. The maximum Gasteiger partial charge on any atom is 0.340 e. The highest BCUT2D eigenvalue weighted by Crippen LogP contribution is 2.24. The van der Waals surface area contributed by atoms with Crippen LogP contribution >= 0.6 is 0 Å². The van der Waals surface area contributed by atoms with Crippen LogP contribution < -0.4 is 5.32 Å². The summed E-state index contributed by atoms with van der Waals surface area (Å²) >= 11 is 0. The fourth-order valence-electron chi connectivity index (χ4n) is 3.15. The molecule has 7 nitrogen and oxygen atoms in total. The molecule has 29 heavy (non-hydrogen) atoms. The molecule has 1 aliphatic heterocycles. The largest absolute Gasteiger partial charge is 0.449 e. The molecule has 1 atom stereocenters. The first-order valence-electron chi connectivity index (χ1n) is 9.55. The van der Waals surface area contributed by atoms with Crippen LogP contribution in [0.25, 0.3) is 0 Å². The Morgan fingerprint density at radius 1 is 0.966 bits per heavy atom. The van der Waals surface area contributed by atoms with Crippen LogP contribution in [0.5, 0.6) is 0 Å². The lowest BCUT2D eigenvalue weighted by Gasteiger charge is -2.26. The Kier molecular flexibility index (Phi) is 6.66. The summed E-state index contributed by atoms with van der Waals surface area (Å²) in [6.07, 6.45) is 1.49. The molecule has 3 rings (SSSR count). The lowest BCUT2D eigenvalue weighted by atomic mass is 10.2. The Hall–Kier alpha value is -2.71. The van der Waals surface area contributed by atoms with Crippen LogP contribution in [0.1, 0.15) is 36.5 Å². The van der Waals surface area contributed by atoms with Crippen molar-refractivity contribution in [2.75, 3.05) is 18.4 Å². The van der Waals surface area contributed by atoms with Crippen molar-refractivity contribution >= 4 is 27.6 Å². The van der Waals surface area contributed by atoms with Gasteiger partial charge in [0.25, 0.3) is 5.91 Å². The topological polar surface area (TPSA) is 92.8 Å². The molecule has 2 aromatic rings. The number of para-hydroxylation sites is 1. The third kappa shape index (κ3) is 5.02. The van der Waals surface area contributed by atoms with E-state index in [1.165, 1.54) is 23.4 Å². The second-order valence-corrected chi connectivity index (χ2v) is 8.77. The molecule has 1 aliphatic rings. The van der Waals surface area contributed by atoms with E-state index in [1.54, 1.807) is 36.4 Å². The number of anilines is 1. The maximum absolute atomic E-state index is 13.0. The van der Waals surface area contributed by atoms with Gasteiger partial charge in [-0.1, -0.05) is 36.8 Å². The predicted molar refractivity (Wildman–Crippen MR) is 109 cm³/mol. The number of esters is 1. The molecule has 1 heterocycles. The van der Waals surface area contributed by atoms with Crippen LogP contribution in [0.15, 0.2) is 59.5 Å². The zero-order chi connectivity index (χ0) is 20.9. The molecule has 1 fully saturated rings. The van der Waals surface area contributed by atoms with Crippen LogP contribution in [0.2, 0.25) is 0 Å². The van der Waals surface area contributed by atoms with Gasteiger partial charge in [0, 0.05) is 18.8 Å². The van der Waals surface area contributed by atoms with Crippen LogP contribution in [-0.2, 0) is 19.6 Å². The molecule has 0 aliphatic carbocycles. The van der Waals surface area contributed by atoms with Crippen molar-refractivity contribution in [1.82, 2.24) is 4.31 Å². The molecule has 1 saturated heterocycles. The van der Waals surface area contributed by atoms with Crippen molar-refractivity contribution in [3.8, 4) is 0 Å². The second-order valence-electron chi connectivity index (χ2n) is 6.86. The summed E-state index contributed by atoms with van der Waals surface area (Å²) in [6, 6.07) is 14.7. The Morgan fingerprint density at radius 2 is 1.59 bits per heavy atom. The van der Waals surface area contributed by atoms with Crippen molar-refractivity contribution < 1.29 is 22.7 Å². The summed E-state index contributed by atoms with van der Waals surface area (Å²) in [5.41, 5.74) is 0.505. The molecule has 0 spiro atoms. The molecule has 0 unspecified atom stereocenters. The highest BCUT2D eigenvalue weighted by molar-refractivity contribution is 7.89. The van der Waals surface area contributed by atoms with E-state index in [9.17, 15) is 18.0 Å². The molecule has 0 aromatic heterocycles. The highest BCUT2D eigenvalue weighted by Gasteiger charge is 2.31. The number of benzene rings is 2. The third-order valence-corrected chi connectivity index (χ3v) is 6.69. The van der Waals surface area contributed by atoms with Crippen LogP contribution in [0, 0.1) is 0 Å². The van der Waals surface area contributed by atoms with Gasteiger partial charge < -0.3 is 10.1 Å². The predicted octanol–water partition coefficient (Wildman–Crippen LogP) is 3.05. The Bertz CT molecular complexity index is 970. The molecular formula is C21H24N2O5S. The van der Waals surface area contributed by atoms with Crippen LogP contribution in [0.4, 0.5) is 5.69 Å². The van der Waals surface area contributed by atoms with E-state index in [4.69, 9.17) is 4.74 Å². The molecule has 2 aromatic carbocycles. The van der Waals surface area contributed by atoms with Gasteiger partial charge in [-0.2, -0.15) is 4.31 Å². The van der Waals surface area contributed by atoms with E-state index in [2.05, 4.69) is 5.32 Å². The quantitative estimate of drug-likeness (QED) is 0.731. The standard InChI is InChI=1S/C21H24N2O5S/c1-16(20(24)22-17-10-4-2-5-11-17)28-21(25)18-12-6-7-13-19(18)29(26,27)23-14-8-3-9-15-23/h2,4-7,10-13,16H,3,8-9,14-15H2,1H3,(H,22,24)/t16-/m0/s1. The smallest absolute Gasteiger partial charge is 0.340 e. The highest BCUT2D eigenvalue weighted by atomic mass is 32.2. The summed E-state index contributed by atoms with van der Waals surface area (Å²) in [6.45, 7) is 2.31. The molecule has 0 bridgehead atoms. The number of hydrogen-bond acceptors (Lipinski definition) is 5. The number of nitrogens with one attached hydrogen (secondary N) is 1. The molecule has 0 saturated carbocycles. The number of carbonyl (C=O) groups excluding carboxylic acids is 2. The minimum Gasteiger partial charge on any atom is -0.449 e. The first-order valence-corrected chi connectivity index (χ1v) is 11.0. The van der Waals surface area contributed by atoms with Crippen molar-refractivity contribution in [1.29, 1.82) is 0 Å². The van der Waals surface area contributed by atoms with Crippen molar-refractivity contribution in [3.63, 3.8) is 0 Å². The van der Waals surface area contributed by atoms with E-state index < -0.39 is 28.0 Å². The number of hydrogen-bond donors (Lipinski definition) is 1. The Balaban J connectivity index is 1.75. The van der Waals surface area contributed by atoms with E-state index in [0.717, 1.165) is 19.3 Å². The SMILES string of the molecule is C[C@H](OC(=O)c1ccccc1S(=O)(=O)N1CCCCC1)C(=O)Nc1ccccc1. The fourth-order valence-corrected chi connectivity index (χ4v) is 4.84. The third-order valence-electron chi connectivity index (χ3n) is 4.73. The molecule has 0 radical (unpaired) electrons. The number of sulfonamides is 1. The first-order chi connectivity index (χ1) is 13.9. The van der Waals surface area contributed by atoms with Gasteiger partial charge in [-0.05, 0) is 44.0 Å². The summed E-state index contributed by atoms with van der Waals surface area (Å²) in [4.78, 5) is 24.9. The zero-order valence-corrected chi connectivity index (χ0v) is 17.0.